The van der Waals surface area contributed by atoms with Crippen LogP contribution in [0.5, 0.6) is 0 Å². The fraction of sp³-hybridized carbons (Fsp3) is 0.375. The molecule has 0 radical (unpaired) electrons. The molecule has 0 fully saturated rings. The Morgan fingerprint density at radius 2 is 1.42 bits per heavy atom. The van der Waals surface area contributed by atoms with Gasteiger partial charge in [0, 0.05) is 30.2 Å². The first-order valence-electron chi connectivity index (χ1n) is 8.13. The predicted molar refractivity (Wildman–Crippen MR) is 94.2 cm³/mol. The Morgan fingerprint density at radius 1 is 0.846 bits per heavy atom. The van der Waals surface area contributed by atoms with Crippen molar-refractivity contribution in [3.05, 3.63) is 48.0 Å². The largest absolute Gasteiger partial charge is 0.511 e. The SMILES string of the molecule is CCCc1c(-c2cc[n+](S(=O)(=O)O)cc2)cc[n+](S(=O)(=O)O)c1CCC. The first kappa shape index (κ1) is 20.4. The smallest absolute Gasteiger partial charge is 0.233 e. The van der Waals surface area contributed by atoms with Gasteiger partial charge in [-0.1, -0.05) is 28.2 Å². The maximum atomic E-state index is 11.7. The second-order valence-corrected chi connectivity index (χ2v) is 8.43. The molecule has 0 atom stereocenters. The monoisotopic (exact) mass is 402 g/mol. The molecule has 2 N–H and O–H groups in total. The van der Waals surface area contributed by atoms with E-state index in [0.29, 0.717) is 34.5 Å². The zero-order chi connectivity index (χ0) is 19.5. The average Bonchev–Trinajstić information content (AvgIpc) is 2.55. The molecule has 142 valence electrons. The maximum absolute atomic E-state index is 11.7. The Kier molecular flexibility index (Phi) is 6.12. The molecule has 0 unspecified atom stereocenters. The molecule has 0 amide bonds. The quantitative estimate of drug-likeness (QED) is 0.530. The fourth-order valence-corrected chi connectivity index (χ4v) is 4.00. The zero-order valence-corrected chi connectivity index (χ0v) is 16.2. The van der Waals surface area contributed by atoms with Crippen LogP contribution in [-0.2, 0) is 33.4 Å². The second kappa shape index (κ2) is 7.78. The minimum Gasteiger partial charge on any atom is -0.233 e. The van der Waals surface area contributed by atoms with Gasteiger partial charge in [0.05, 0.1) is 0 Å². The number of hydrogen-bond acceptors (Lipinski definition) is 4. The van der Waals surface area contributed by atoms with Crippen molar-refractivity contribution in [1.29, 1.82) is 0 Å². The van der Waals surface area contributed by atoms with Crippen LogP contribution in [0, 0.1) is 0 Å². The molecule has 2 aromatic rings. The third kappa shape index (κ3) is 4.44. The van der Waals surface area contributed by atoms with Crippen LogP contribution in [0.4, 0.5) is 0 Å². The highest BCUT2D eigenvalue weighted by Gasteiger charge is 2.28. The highest BCUT2D eigenvalue weighted by Crippen LogP contribution is 2.26. The van der Waals surface area contributed by atoms with E-state index >= 15 is 0 Å². The number of rotatable bonds is 7. The molecule has 10 heteroatoms. The Labute approximate surface area is 153 Å². The summed E-state index contributed by atoms with van der Waals surface area (Å²) in [6.07, 6.45) is 6.21. The highest BCUT2D eigenvalue weighted by molar-refractivity contribution is 7.79. The van der Waals surface area contributed by atoms with E-state index in [1.54, 1.807) is 6.07 Å². The predicted octanol–water partition coefficient (Wildman–Crippen LogP) is 1.14. The molecule has 2 heterocycles. The van der Waals surface area contributed by atoms with E-state index in [0.717, 1.165) is 21.5 Å². The summed E-state index contributed by atoms with van der Waals surface area (Å²) < 4.78 is 65.9. The van der Waals surface area contributed by atoms with Crippen molar-refractivity contribution in [2.75, 3.05) is 0 Å². The molecule has 0 spiro atoms. The highest BCUT2D eigenvalue weighted by atomic mass is 32.2. The third-order valence-electron chi connectivity index (χ3n) is 3.93. The topological polar surface area (TPSA) is 117 Å². The summed E-state index contributed by atoms with van der Waals surface area (Å²) in [5.74, 6) is 0. The van der Waals surface area contributed by atoms with Gasteiger partial charge in [-0.3, -0.25) is 0 Å². The number of nitrogens with zero attached hydrogens (tertiary/aromatic N) is 2. The normalized spacial score (nSPS) is 12.3. The van der Waals surface area contributed by atoms with Gasteiger partial charge in [0.2, 0.25) is 5.69 Å². The number of aromatic nitrogens is 2. The van der Waals surface area contributed by atoms with Gasteiger partial charge >= 0.3 is 20.6 Å². The van der Waals surface area contributed by atoms with Crippen LogP contribution < -0.4 is 7.94 Å². The summed E-state index contributed by atoms with van der Waals surface area (Å²) in [5.41, 5.74) is 2.70. The average molecular weight is 402 g/mol. The Hall–Kier alpha value is -1.88. The van der Waals surface area contributed by atoms with Gasteiger partial charge in [0.1, 0.15) is 0 Å². The van der Waals surface area contributed by atoms with Crippen LogP contribution in [0.3, 0.4) is 0 Å². The van der Waals surface area contributed by atoms with Crippen molar-refractivity contribution in [2.24, 2.45) is 0 Å². The molecule has 0 aliphatic carbocycles. The standard InChI is InChI=1S/C16H20N2O6S2/c1-3-5-15-14(13-7-10-17(11-8-13)25(19,20)21)9-12-18(26(22,23)24)16(15)6-4-2/h7-12H,3-6H2,1-2H3/p+2. The first-order chi connectivity index (χ1) is 12.1. The van der Waals surface area contributed by atoms with Crippen molar-refractivity contribution in [1.82, 2.24) is 0 Å². The summed E-state index contributed by atoms with van der Waals surface area (Å²) in [5, 5.41) is 0. The molecule has 0 aromatic carbocycles. The lowest BCUT2D eigenvalue weighted by atomic mass is 9.95. The van der Waals surface area contributed by atoms with Gasteiger partial charge in [-0.25, -0.2) is 9.11 Å². The summed E-state index contributed by atoms with van der Waals surface area (Å²) >= 11 is 0. The molecule has 2 aromatic heterocycles. The van der Waals surface area contributed by atoms with Crippen LogP contribution >= 0.6 is 0 Å². The molecule has 0 saturated heterocycles. The van der Waals surface area contributed by atoms with E-state index in [9.17, 15) is 21.4 Å². The van der Waals surface area contributed by atoms with E-state index in [-0.39, 0.29) is 0 Å². The first-order valence-corrected chi connectivity index (χ1v) is 10.9. The molecular weight excluding hydrogens is 380 g/mol. The lowest BCUT2D eigenvalue weighted by molar-refractivity contribution is -0.529. The van der Waals surface area contributed by atoms with Crippen LogP contribution in [0.15, 0.2) is 36.8 Å². The van der Waals surface area contributed by atoms with Crippen LogP contribution in [0.25, 0.3) is 11.1 Å². The van der Waals surface area contributed by atoms with E-state index in [2.05, 4.69) is 0 Å². The van der Waals surface area contributed by atoms with Gasteiger partial charge in [-0.2, -0.15) is 0 Å². The summed E-state index contributed by atoms with van der Waals surface area (Å²) in [7, 11) is -8.79. The molecule has 0 bridgehead atoms. The van der Waals surface area contributed by atoms with Crippen molar-refractivity contribution in [2.45, 2.75) is 39.5 Å². The lowest BCUT2D eigenvalue weighted by Gasteiger charge is -2.12. The van der Waals surface area contributed by atoms with Crippen LogP contribution in [0.2, 0.25) is 0 Å². The maximum Gasteiger partial charge on any atom is 0.511 e. The van der Waals surface area contributed by atoms with Crippen molar-refractivity contribution >= 4 is 20.6 Å². The number of pyridine rings is 2. The van der Waals surface area contributed by atoms with E-state index < -0.39 is 20.6 Å². The van der Waals surface area contributed by atoms with Gasteiger partial charge in [0.25, 0.3) is 0 Å². The van der Waals surface area contributed by atoms with Crippen LogP contribution in [-0.4, -0.2) is 25.9 Å². The summed E-state index contributed by atoms with van der Waals surface area (Å²) in [6.45, 7) is 3.87. The third-order valence-corrected chi connectivity index (χ3v) is 5.55. The van der Waals surface area contributed by atoms with Gasteiger partial charge in [0.15, 0.2) is 18.6 Å². The lowest BCUT2D eigenvalue weighted by Crippen LogP contribution is -2.46. The zero-order valence-electron chi connectivity index (χ0n) is 14.5. The van der Waals surface area contributed by atoms with Gasteiger partial charge in [-0.15, -0.1) is 16.8 Å². The van der Waals surface area contributed by atoms with Crippen molar-refractivity contribution in [3.63, 3.8) is 0 Å². The minimum atomic E-state index is -4.42. The summed E-state index contributed by atoms with van der Waals surface area (Å²) in [6, 6.07) is 4.62. The molecule has 2 rings (SSSR count). The second-order valence-electron chi connectivity index (χ2n) is 5.82. The minimum absolute atomic E-state index is 0.459. The Morgan fingerprint density at radius 3 is 1.88 bits per heavy atom. The molecule has 26 heavy (non-hydrogen) atoms. The van der Waals surface area contributed by atoms with Gasteiger partial charge in [-0.05, 0) is 24.0 Å². The van der Waals surface area contributed by atoms with Crippen molar-refractivity contribution in [3.8, 4) is 11.1 Å². The molecule has 0 aliphatic rings. The number of hydrogen-bond donors (Lipinski definition) is 2. The van der Waals surface area contributed by atoms with E-state index in [1.165, 1.54) is 30.7 Å². The van der Waals surface area contributed by atoms with Crippen molar-refractivity contribution < 1.29 is 33.9 Å². The van der Waals surface area contributed by atoms with E-state index in [4.69, 9.17) is 4.55 Å². The molecule has 0 aliphatic heterocycles. The molecule has 0 saturated carbocycles. The van der Waals surface area contributed by atoms with E-state index in [1.807, 2.05) is 13.8 Å². The fourth-order valence-electron chi connectivity index (χ4n) is 2.88. The molecule has 8 nitrogen and oxygen atoms in total. The van der Waals surface area contributed by atoms with Gasteiger partial charge < -0.3 is 0 Å². The van der Waals surface area contributed by atoms with Crippen LogP contribution in [0.1, 0.15) is 37.9 Å². The summed E-state index contributed by atoms with van der Waals surface area (Å²) in [4.78, 5) is 0. The Balaban J connectivity index is 2.70. The Bertz CT molecular complexity index is 1000. The molecular formula is C16H22N2O6S2+2.